The number of para-hydroxylation sites is 1. The van der Waals surface area contributed by atoms with E-state index in [0.29, 0.717) is 22.8 Å². The van der Waals surface area contributed by atoms with Crippen LogP contribution in [0.1, 0.15) is 57.7 Å². The van der Waals surface area contributed by atoms with Crippen molar-refractivity contribution in [3.63, 3.8) is 0 Å². The molecule has 224 valence electrons. The lowest BCUT2D eigenvalue weighted by Crippen LogP contribution is -2.37. The summed E-state index contributed by atoms with van der Waals surface area (Å²) in [5.74, 6) is -1.62. The van der Waals surface area contributed by atoms with Gasteiger partial charge in [0.1, 0.15) is 30.0 Å². The second-order valence-corrected chi connectivity index (χ2v) is 12.7. The smallest absolute Gasteiger partial charge is 0.508 e. The van der Waals surface area contributed by atoms with Crippen LogP contribution in [0.15, 0.2) is 36.5 Å². The number of halogens is 1. The predicted octanol–water partition coefficient (Wildman–Crippen LogP) is 5.59. The van der Waals surface area contributed by atoms with Gasteiger partial charge in [-0.1, -0.05) is 34.9 Å². The van der Waals surface area contributed by atoms with Crippen LogP contribution >= 0.6 is 31.1 Å². The molecule has 4 unspecified atom stereocenters. The number of nitrogens with zero attached hydrogens (tertiary/aromatic N) is 2. The molecule has 0 bridgehead atoms. The van der Waals surface area contributed by atoms with Gasteiger partial charge in [0.15, 0.2) is 10.9 Å². The van der Waals surface area contributed by atoms with E-state index in [1.54, 1.807) is 51.2 Å². The summed E-state index contributed by atoms with van der Waals surface area (Å²) in [6.45, 7) is 9.85. The highest BCUT2D eigenvalue weighted by atomic mass is 35.5. The van der Waals surface area contributed by atoms with Crippen LogP contribution in [0.4, 0.5) is 0 Å². The number of aromatic hydroxyl groups is 1. The van der Waals surface area contributed by atoms with Crippen LogP contribution in [-0.2, 0) is 28.1 Å². The van der Waals surface area contributed by atoms with E-state index in [9.17, 15) is 14.5 Å². The molecule has 41 heavy (non-hydrogen) atoms. The highest BCUT2D eigenvalue weighted by molar-refractivity contribution is 7.36. The van der Waals surface area contributed by atoms with Crippen LogP contribution in [0.5, 0.6) is 5.75 Å². The molecular formula is C27H36ClN3O8PS+. The molecule has 5 atom stereocenters. The Kier molecular flexibility index (Phi) is 12.0. The van der Waals surface area contributed by atoms with Gasteiger partial charge in [-0.05, 0) is 58.2 Å². The number of aliphatic hydroxyl groups is 1. The molecule has 0 radical (unpaired) electrons. The van der Waals surface area contributed by atoms with Gasteiger partial charge in [0.2, 0.25) is 0 Å². The number of hydrogen-bond acceptors (Lipinski definition) is 11. The van der Waals surface area contributed by atoms with Crippen molar-refractivity contribution in [2.75, 3.05) is 6.61 Å². The maximum Gasteiger partial charge on any atom is 0.613 e. The Labute approximate surface area is 249 Å². The van der Waals surface area contributed by atoms with Crippen molar-refractivity contribution in [2.24, 2.45) is 0 Å². The van der Waals surface area contributed by atoms with Crippen molar-refractivity contribution in [2.45, 2.75) is 84.2 Å². The average Bonchev–Trinajstić information content (AvgIpc) is 3.45. The van der Waals surface area contributed by atoms with Crippen LogP contribution in [0, 0.1) is 6.92 Å². The van der Waals surface area contributed by atoms with Crippen LogP contribution in [-0.4, -0.2) is 62.9 Å². The van der Waals surface area contributed by atoms with Gasteiger partial charge < -0.3 is 24.4 Å². The zero-order chi connectivity index (χ0) is 30.3. The molecule has 3 N–H and O–H groups in total. The van der Waals surface area contributed by atoms with Gasteiger partial charge in [0, 0.05) is 18.2 Å². The summed E-state index contributed by atoms with van der Waals surface area (Å²) in [7, 11) is -2.38. The number of rotatable bonds is 10. The molecule has 0 spiro atoms. The first-order chi connectivity index (χ1) is 19.2. The number of phenols is 1. The van der Waals surface area contributed by atoms with E-state index in [-0.39, 0.29) is 12.7 Å². The average molecular weight is 629 g/mol. The number of carbonyl (C=O) groups is 1. The first kappa shape index (κ1) is 33.2. The maximum absolute atomic E-state index is 12.4. The minimum Gasteiger partial charge on any atom is -0.508 e. The number of phenolic OH excluding ortho intramolecular Hbond substituents is 1. The van der Waals surface area contributed by atoms with Crippen molar-refractivity contribution in [3.8, 4) is 5.75 Å². The number of ether oxygens (including phenoxy) is 3. The second-order valence-electron chi connectivity index (χ2n) is 10.1. The van der Waals surface area contributed by atoms with E-state index < -0.39 is 44.3 Å². The Hall–Kier alpha value is -2.28. The Bertz CT molecular complexity index is 1320. The molecule has 1 aliphatic heterocycles. The van der Waals surface area contributed by atoms with E-state index >= 15 is 0 Å². The number of pyridine rings is 1. The zero-order valence-electron chi connectivity index (χ0n) is 23.7. The fourth-order valence-corrected chi connectivity index (χ4v) is 5.94. The van der Waals surface area contributed by atoms with E-state index in [0.717, 1.165) is 15.3 Å². The normalized spacial score (nSPS) is 20.0. The number of aromatic nitrogens is 2. The molecule has 1 fully saturated rings. The number of esters is 1. The van der Waals surface area contributed by atoms with E-state index in [1.165, 1.54) is 25.2 Å². The molecular weight excluding hydrogens is 593 g/mol. The summed E-state index contributed by atoms with van der Waals surface area (Å²) < 4.78 is 35.8. The third-order valence-electron chi connectivity index (χ3n) is 5.61. The zero-order valence-corrected chi connectivity index (χ0v) is 26.2. The molecule has 1 aromatic carbocycles. The summed E-state index contributed by atoms with van der Waals surface area (Å²) in [6.07, 6.45) is 0.191. The summed E-state index contributed by atoms with van der Waals surface area (Å²) in [4.78, 5) is 20.6. The summed E-state index contributed by atoms with van der Waals surface area (Å²) in [5.41, 5.74) is 1.42. The van der Waals surface area contributed by atoms with Gasteiger partial charge in [-0.25, -0.2) is 9.97 Å². The molecule has 0 aliphatic carbocycles. The maximum atomic E-state index is 12.4. The predicted molar refractivity (Wildman–Crippen MR) is 156 cm³/mol. The van der Waals surface area contributed by atoms with Crippen molar-refractivity contribution >= 4 is 47.3 Å². The van der Waals surface area contributed by atoms with E-state index in [1.807, 2.05) is 13.0 Å². The fraction of sp³-hybridized carbons (Fsp3) is 0.519. The van der Waals surface area contributed by atoms with Crippen LogP contribution in [0.2, 0.25) is 5.15 Å². The molecule has 11 nitrogen and oxygen atoms in total. The molecule has 0 saturated carbocycles. The van der Waals surface area contributed by atoms with Crippen LogP contribution in [0.25, 0.3) is 10.2 Å². The third-order valence-corrected chi connectivity index (χ3v) is 7.89. The number of carbonyl (C=O) groups excluding carboxylic acids is 1. The van der Waals surface area contributed by atoms with Crippen molar-refractivity contribution < 1.29 is 38.3 Å². The first-order valence-electron chi connectivity index (χ1n) is 13.0. The van der Waals surface area contributed by atoms with Crippen molar-refractivity contribution in [3.05, 3.63) is 52.3 Å². The lowest BCUT2D eigenvalue weighted by atomic mass is 10.1. The van der Waals surface area contributed by atoms with Gasteiger partial charge in [-0.15, -0.1) is 15.9 Å². The molecule has 1 aliphatic rings. The Morgan fingerprint density at radius 1 is 1.29 bits per heavy atom. The number of hydrogen-bond donors (Lipinski definition) is 3. The topological polar surface area (TPSA) is 149 Å². The number of nitrogens with one attached hydrogen (secondary N) is 1. The molecule has 3 aromatic rings. The SMILES string of the molecule is Cc1nc2c(Cl)ncc(C3CC(OC(C)(C)O)C(CO[P+](=O)N[C@H](C)C(=O)OC(C)C)O3)c2s1.Oc1ccccc1. The second kappa shape index (κ2) is 14.8. The minimum absolute atomic E-state index is 0.0860. The van der Waals surface area contributed by atoms with Gasteiger partial charge in [-0.3, -0.25) is 4.79 Å². The standard InChI is InChI=1S/C21H30ClN3O7PS.C6H6O/c1-10(2)30-20(26)11(3)25-33(28)29-9-16-15(32-21(5,6)27)7-14(31-16)13-8-23-19(22)17-18(13)34-12(4)24-17;7-6-4-2-1-3-5-6/h8,10-11,14-16,27H,7,9H2,1-6H3,(H,25,28);1-5,7H/q+1;/t11-,14?,15?,16?;/m1./s1. The quantitative estimate of drug-likeness (QED) is 0.112. The fourth-order valence-electron chi connectivity index (χ4n) is 3.95. The lowest BCUT2D eigenvalue weighted by Gasteiger charge is -2.25. The molecule has 4 rings (SSSR count). The number of fused-ring (bicyclic) bond motifs is 1. The Morgan fingerprint density at radius 2 is 1.98 bits per heavy atom. The summed E-state index contributed by atoms with van der Waals surface area (Å²) in [5, 5.41) is 22.6. The highest BCUT2D eigenvalue weighted by Crippen LogP contribution is 2.42. The molecule has 2 aromatic heterocycles. The van der Waals surface area contributed by atoms with Gasteiger partial charge >= 0.3 is 14.1 Å². The van der Waals surface area contributed by atoms with Gasteiger partial charge in [0.25, 0.3) is 0 Å². The summed E-state index contributed by atoms with van der Waals surface area (Å²) >= 11 is 7.70. The Morgan fingerprint density at radius 3 is 2.56 bits per heavy atom. The van der Waals surface area contributed by atoms with Crippen LogP contribution < -0.4 is 5.09 Å². The van der Waals surface area contributed by atoms with Gasteiger partial charge in [-0.2, -0.15) is 0 Å². The third kappa shape index (κ3) is 10.2. The lowest BCUT2D eigenvalue weighted by molar-refractivity contribution is -0.216. The van der Waals surface area contributed by atoms with Crippen LogP contribution in [0.3, 0.4) is 0 Å². The molecule has 1 saturated heterocycles. The molecule has 14 heteroatoms. The molecule has 3 heterocycles. The van der Waals surface area contributed by atoms with E-state index in [4.69, 9.17) is 35.4 Å². The first-order valence-corrected chi connectivity index (χ1v) is 15.4. The highest BCUT2D eigenvalue weighted by Gasteiger charge is 2.42. The Balaban J connectivity index is 0.000000575. The van der Waals surface area contributed by atoms with Gasteiger partial charge in [0.05, 0.1) is 28.0 Å². The number of aryl methyl sites for hydroxylation is 1. The monoisotopic (exact) mass is 628 g/mol. The molecule has 0 amide bonds. The summed E-state index contributed by atoms with van der Waals surface area (Å²) in [6, 6.07) is 7.90. The number of benzene rings is 1. The van der Waals surface area contributed by atoms with Crippen molar-refractivity contribution in [1.82, 2.24) is 15.1 Å². The minimum atomic E-state index is -2.38. The van der Waals surface area contributed by atoms with E-state index in [2.05, 4.69) is 15.1 Å². The van der Waals surface area contributed by atoms with Crippen molar-refractivity contribution in [1.29, 1.82) is 0 Å². The largest absolute Gasteiger partial charge is 0.613 e. The number of thiazole rings is 1.